The Bertz CT molecular complexity index is 1510. The van der Waals surface area contributed by atoms with Crippen LogP contribution in [0.1, 0.15) is 128 Å². The first-order valence-electron chi connectivity index (χ1n) is 19.7. The van der Waals surface area contributed by atoms with Crippen LogP contribution in [0.3, 0.4) is 0 Å². The quantitative estimate of drug-likeness (QED) is 0.175. The summed E-state index contributed by atoms with van der Waals surface area (Å²) in [5.41, 5.74) is -3.25. The minimum atomic E-state index is -1.31. The molecule has 0 spiro atoms. The SMILES string of the molecule is CCCC1CC(NC(=O)[C@@H]2C3C(CN2C(=O)[C@H](NC(=O)N[C@H](CN2C(=O)CC(C)(C)CC2=O)C(C)(C)C)C(C)(C)C)C3(C)C)(C(=O)C(=O)NC2CC2)C1. The van der Waals surface area contributed by atoms with Crippen molar-refractivity contribution in [1.82, 2.24) is 31.1 Å². The number of hydrogen-bond acceptors (Lipinski definition) is 7. The van der Waals surface area contributed by atoms with Gasteiger partial charge in [0.1, 0.15) is 17.6 Å². The highest BCUT2D eigenvalue weighted by Crippen LogP contribution is 2.65. The van der Waals surface area contributed by atoms with Crippen molar-refractivity contribution in [1.29, 1.82) is 0 Å². The molecule has 5 atom stereocenters. The van der Waals surface area contributed by atoms with Gasteiger partial charge in [-0.3, -0.25) is 33.7 Å². The fourth-order valence-corrected chi connectivity index (χ4v) is 8.98. The van der Waals surface area contributed by atoms with Crippen LogP contribution in [-0.2, 0) is 28.8 Å². The minimum absolute atomic E-state index is 0.00144. The highest BCUT2D eigenvalue weighted by molar-refractivity contribution is 6.40. The predicted octanol–water partition coefficient (Wildman–Crippen LogP) is 3.69. The zero-order chi connectivity index (χ0) is 39.6. The number of piperidine rings is 2. The summed E-state index contributed by atoms with van der Waals surface area (Å²) in [6.07, 6.45) is 4.72. The molecule has 53 heavy (non-hydrogen) atoms. The van der Waals surface area contributed by atoms with Gasteiger partial charge in [0.25, 0.3) is 5.91 Å². The Labute approximate surface area is 315 Å². The highest BCUT2D eigenvalue weighted by atomic mass is 16.2. The van der Waals surface area contributed by atoms with Gasteiger partial charge in [-0.2, -0.15) is 0 Å². The van der Waals surface area contributed by atoms with E-state index in [0.717, 1.165) is 25.7 Å². The molecule has 5 fully saturated rings. The maximum Gasteiger partial charge on any atom is 0.315 e. The van der Waals surface area contributed by atoms with Crippen LogP contribution in [0, 0.1) is 39.4 Å². The molecular weight excluding hydrogens is 676 g/mol. The summed E-state index contributed by atoms with van der Waals surface area (Å²) in [5.74, 6) is -2.56. The molecule has 13 heteroatoms. The number of likely N-dealkylation sites (tertiary alicyclic amines) is 2. The summed E-state index contributed by atoms with van der Waals surface area (Å²) in [6.45, 7) is 21.6. The van der Waals surface area contributed by atoms with E-state index in [4.69, 9.17) is 0 Å². The van der Waals surface area contributed by atoms with Crippen molar-refractivity contribution >= 4 is 41.4 Å². The Kier molecular flexibility index (Phi) is 10.7. The number of rotatable bonds is 12. The normalized spacial score (nSPS) is 30.0. The molecule has 2 unspecified atom stereocenters. The number of carbonyl (C=O) groups excluding carboxylic acids is 7. The number of hydrogen-bond donors (Lipinski definition) is 4. The first-order chi connectivity index (χ1) is 24.3. The van der Waals surface area contributed by atoms with Gasteiger partial charge in [-0.1, -0.05) is 89.0 Å². The maximum absolute atomic E-state index is 14.6. The van der Waals surface area contributed by atoms with Crippen LogP contribution in [0.5, 0.6) is 0 Å². The molecule has 2 heterocycles. The van der Waals surface area contributed by atoms with E-state index < -0.39 is 69.4 Å². The number of carbonyl (C=O) groups is 7. The summed E-state index contributed by atoms with van der Waals surface area (Å²) in [7, 11) is 0. The third-order valence-electron chi connectivity index (χ3n) is 12.6. The lowest BCUT2D eigenvalue weighted by Crippen LogP contribution is -2.68. The molecule has 5 rings (SSSR count). The van der Waals surface area contributed by atoms with E-state index in [1.807, 2.05) is 55.4 Å². The molecule has 5 aliphatic rings. The third kappa shape index (κ3) is 8.43. The van der Waals surface area contributed by atoms with Gasteiger partial charge in [-0.05, 0) is 65.1 Å². The van der Waals surface area contributed by atoms with E-state index in [-0.39, 0.29) is 60.4 Å². The van der Waals surface area contributed by atoms with Gasteiger partial charge in [0.2, 0.25) is 29.4 Å². The third-order valence-corrected chi connectivity index (χ3v) is 12.6. The molecule has 2 aliphatic heterocycles. The van der Waals surface area contributed by atoms with Crippen LogP contribution in [0.15, 0.2) is 0 Å². The summed E-state index contributed by atoms with van der Waals surface area (Å²) in [6, 6.07) is -3.14. The summed E-state index contributed by atoms with van der Waals surface area (Å²) >= 11 is 0. The van der Waals surface area contributed by atoms with Crippen molar-refractivity contribution in [3.05, 3.63) is 0 Å². The van der Waals surface area contributed by atoms with Crippen molar-refractivity contribution in [2.75, 3.05) is 13.1 Å². The second-order valence-corrected chi connectivity index (χ2v) is 20.4. The van der Waals surface area contributed by atoms with Crippen LogP contribution in [0.2, 0.25) is 0 Å². The number of fused-ring (bicyclic) bond motifs is 1. The maximum atomic E-state index is 14.6. The topological polar surface area (TPSA) is 174 Å². The standard InChI is InChI=1S/C40H64N6O7/c1-12-13-22-16-40(17-22,31(49)33(51)41-23-14-15-23)44-32(50)29-28-24(39(28,10)11)20-46(29)34(52)30(37(5,6)7)43-35(53)42-25(36(2,3)4)21-45-26(47)18-38(8,9)19-27(45)48/h22-25,28-30H,12-21H2,1-11H3,(H,41,51)(H,44,50)(H2,42,43,53)/t22?,24?,25-,28?,29+,30+,40?/m1/s1. The van der Waals surface area contributed by atoms with Gasteiger partial charge >= 0.3 is 6.03 Å². The number of urea groups is 1. The number of Topliss-reactive ketones (excluding diaryl/α,β-unsaturated/α-hetero) is 1. The van der Waals surface area contributed by atoms with E-state index in [1.165, 1.54) is 4.90 Å². The molecular formula is C40H64N6O7. The fraction of sp³-hybridized carbons (Fsp3) is 0.825. The van der Waals surface area contributed by atoms with E-state index >= 15 is 0 Å². The van der Waals surface area contributed by atoms with Crippen LogP contribution in [0.25, 0.3) is 0 Å². The molecule has 4 N–H and O–H groups in total. The monoisotopic (exact) mass is 740 g/mol. The molecule has 2 saturated heterocycles. The van der Waals surface area contributed by atoms with Crippen molar-refractivity contribution in [3.8, 4) is 0 Å². The molecule has 0 bridgehead atoms. The van der Waals surface area contributed by atoms with Gasteiger partial charge in [-0.15, -0.1) is 0 Å². The lowest BCUT2D eigenvalue weighted by molar-refractivity contribution is -0.153. The number of nitrogens with one attached hydrogen (secondary N) is 4. The Morgan fingerprint density at radius 3 is 1.96 bits per heavy atom. The zero-order valence-electron chi connectivity index (χ0n) is 33.9. The lowest BCUT2D eigenvalue weighted by atomic mass is 9.64. The van der Waals surface area contributed by atoms with Crippen LogP contribution < -0.4 is 21.3 Å². The Morgan fingerprint density at radius 1 is 0.868 bits per heavy atom. The van der Waals surface area contributed by atoms with Gasteiger partial charge in [0.05, 0.1) is 6.04 Å². The van der Waals surface area contributed by atoms with Crippen molar-refractivity contribution < 1.29 is 33.6 Å². The molecule has 0 aromatic heterocycles. The van der Waals surface area contributed by atoms with Crippen molar-refractivity contribution in [2.24, 2.45) is 39.4 Å². The van der Waals surface area contributed by atoms with Crippen LogP contribution in [0.4, 0.5) is 4.79 Å². The van der Waals surface area contributed by atoms with E-state index in [0.29, 0.717) is 19.4 Å². The summed E-state index contributed by atoms with van der Waals surface area (Å²) < 4.78 is 0. The zero-order valence-corrected chi connectivity index (χ0v) is 33.9. The van der Waals surface area contributed by atoms with Gasteiger partial charge in [0.15, 0.2) is 0 Å². The van der Waals surface area contributed by atoms with Crippen LogP contribution >= 0.6 is 0 Å². The first kappa shape index (κ1) is 40.7. The van der Waals surface area contributed by atoms with E-state index in [9.17, 15) is 33.6 Å². The van der Waals surface area contributed by atoms with Gasteiger partial charge in [-0.25, -0.2) is 4.79 Å². The van der Waals surface area contributed by atoms with E-state index in [1.54, 1.807) is 4.90 Å². The van der Waals surface area contributed by atoms with Crippen molar-refractivity contribution in [3.63, 3.8) is 0 Å². The molecule has 3 aliphatic carbocycles. The smallest absolute Gasteiger partial charge is 0.315 e. The second kappa shape index (κ2) is 14.0. The van der Waals surface area contributed by atoms with Crippen molar-refractivity contribution in [2.45, 2.75) is 157 Å². The molecule has 7 amide bonds. The predicted molar refractivity (Wildman–Crippen MR) is 199 cm³/mol. The number of imide groups is 1. The Balaban J connectivity index is 1.33. The average molecular weight is 741 g/mol. The molecule has 0 aromatic carbocycles. The first-order valence-corrected chi connectivity index (χ1v) is 19.7. The Hall–Kier alpha value is -3.51. The molecule has 3 saturated carbocycles. The lowest BCUT2D eigenvalue weighted by Gasteiger charge is -2.47. The summed E-state index contributed by atoms with van der Waals surface area (Å²) in [5, 5.41) is 11.7. The number of ketones is 1. The van der Waals surface area contributed by atoms with Gasteiger partial charge in [0, 0.05) is 32.0 Å². The molecule has 13 nitrogen and oxygen atoms in total. The summed E-state index contributed by atoms with van der Waals surface area (Å²) in [4.78, 5) is 98.2. The number of nitrogens with zero attached hydrogens (tertiary/aromatic N) is 2. The van der Waals surface area contributed by atoms with Crippen LogP contribution in [-0.4, -0.2) is 93.9 Å². The molecule has 0 radical (unpaired) electrons. The minimum Gasteiger partial charge on any atom is -0.347 e. The molecule has 296 valence electrons. The highest BCUT2D eigenvalue weighted by Gasteiger charge is 2.70. The van der Waals surface area contributed by atoms with Gasteiger partial charge < -0.3 is 26.2 Å². The Morgan fingerprint density at radius 2 is 1.45 bits per heavy atom. The largest absolute Gasteiger partial charge is 0.347 e. The fourth-order valence-electron chi connectivity index (χ4n) is 8.98. The van der Waals surface area contributed by atoms with E-state index in [2.05, 4.69) is 42.0 Å². The second-order valence-electron chi connectivity index (χ2n) is 20.4. The average Bonchev–Trinajstić information content (AvgIpc) is 3.84. The molecule has 0 aromatic rings. The number of amides is 7.